The molecule has 0 spiro atoms. The van der Waals surface area contributed by atoms with Crippen LogP contribution < -0.4 is 21.7 Å². The molecule has 8 atom stereocenters. The van der Waals surface area contributed by atoms with Crippen LogP contribution >= 0.6 is 59.6 Å². The second kappa shape index (κ2) is 37.6. The van der Waals surface area contributed by atoms with Crippen LogP contribution in [0.5, 0.6) is 0 Å². The Bertz CT molecular complexity index is 5430. The SMILES string of the molecule is C.CC(=O)c1nn(CC(=O)N2C[C@H](F)C[C@H]2C(=O)Nc2cccc(Br)n2)c2cc(S(C)(=O)=NC#N)ccc12.CC(=O)c1nn(CC(=O)N2C[C@H](F)C[C@H]2C(=O)Nc2cccc(Br)n2)c2cc(S(C)=NC#N)ccc12.CSc1ccc2c(C(C)=O)nn(CC(=O)N3C[C@H](F)C[C@H]3C(=O)Nc3cccc(Br)n3)c2c1.N#CN. The van der Waals surface area contributed by atoms with Crippen LogP contribution in [-0.4, -0.2) is 191 Å². The highest BCUT2D eigenvalue weighted by Gasteiger charge is 2.43. The first-order valence-corrected chi connectivity index (χ1v) is 39.6. The molecule has 3 aromatic carbocycles. The number of thioether (sulfide) groups is 1. The van der Waals surface area contributed by atoms with Gasteiger partial charge in [-0.2, -0.15) is 31.1 Å². The van der Waals surface area contributed by atoms with E-state index in [4.69, 9.17) is 15.8 Å². The summed E-state index contributed by atoms with van der Waals surface area (Å²) < 4.78 is 68.7. The second-order valence-corrected chi connectivity index (χ2v) is 31.6. The zero-order chi connectivity index (χ0) is 79.3. The van der Waals surface area contributed by atoms with Crippen molar-refractivity contribution in [3.8, 4) is 18.6 Å². The van der Waals surface area contributed by atoms with E-state index in [-0.39, 0.29) is 110 Å². The fourth-order valence-corrected chi connectivity index (χ4v) is 15.2. The predicted octanol–water partition coefficient (Wildman–Crippen LogP) is 9.92. The maximum Gasteiger partial charge on any atom is 0.248 e. The molecule has 2 unspecified atom stereocenters. The Labute approximate surface area is 659 Å². The number of fused-ring (bicyclic) bond motifs is 3. The van der Waals surface area contributed by atoms with Gasteiger partial charge in [0.2, 0.25) is 47.8 Å². The van der Waals surface area contributed by atoms with Crippen molar-refractivity contribution in [1.29, 1.82) is 15.8 Å². The van der Waals surface area contributed by atoms with Crippen molar-refractivity contribution in [2.45, 2.75) is 118 Å². The van der Waals surface area contributed by atoms with Crippen LogP contribution in [-0.2, 0) is 68.8 Å². The first kappa shape index (κ1) is 84.9. The number of pyridine rings is 3. The van der Waals surface area contributed by atoms with Crippen LogP contribution in [0.15, 0.2) is 146 Å². The molecule has 3 aliphatic rings. The number of anilines is 3. The quantitative estimate of drug-likeness (QED) is 0.0204. The van der Waals surface area contributed by atoms with E-state index in [1.54, 1.807) is 91.3 Å². The van der Waals surface area contributed by atoms with Crippen LogP contribution in [0.25, 0.3) is 32.7 Å². The smallest absolute Gasteiger partial charge is 0.248 e. The van der Waals surface area contributed by atoms with Gasteiger partial charge in [-0.25, -0.2) is 32.3 Å². The lowest BCUT2D eigenvalue weighted by Gasteiger charge is -2.23. The number of halogens is 6. The van der Waals surface area contributed by atoms with Gasteiger partial charge in [0, 0.05) is 72.2 Å². The van der Waals surface area contributed by atoms with Crippen LogP contribution in [0.2, 0.25) is 0 Å². The van der Waals surface area contributed by atoms with Crippen molar-refractivity contribution in [2.24, 2.45) is 14.5 Å². The van der Waals surface area contributed by atoms with Crippen molar-refractivity contribution < 1.29 is 60.5 Å². The van der Waals surface area contributed by atoms with E-state index in [1.165, 1.54) is 93.2 Å². The number of nitrogens with two attached hydrogens (primary N) is 1. The topological polar surface area (TPSA) is 431 Å². The van der Waals surface area contributed by atoms with E-state index in [0.29, 0.717) is 52.3 Å². The molecule has 0 radical (unpaired) electrons. The molecule has 40 heteroatoms. The number of benzene rings is 3. The van der Waals surface area contributed by atoms with Gasteiger partial charge in [0.15, 0.2) is 23.5 Å². The highest BCUT2D eigenvalue weighted by molar-refractivity contribution is 9.11. The van der Waals surface area contributed by atoms with E-state index in [1.807, 2.05) is 18.4 Å². The lowest BCUT2D eigenvalue weighted by Crippen LogP contribution is -2.44. The molecule has 31 nitrogen and oxygen atoms in total. The number of amides is 6. The highest BCUT2D eigenvalue weighted by Crippen LogP contribution is 2.32. The third kappa shape index (κ3) is 20.6. The largest absolute Gasteiger partial charge is 0.337 e. The number of alkyl halides is 3. The lowest BCUT2D eigenvalue weighted by molar-refractivity contribution is -0.137. The maximum absolute atomic E-state index is 14.4. The van der Waals surface area contributed by atoms with Crippen molar-refractivity contribution in [3.63, 3.8) is 0 Å². The van der Waals surface area contributed by atoms with Gasteiger partial charge in [0.1, 0.15) is 105 Å². The Kier molecular flexibility index (Phi) is 29.0. The number of carbonyl (C=O) groups is 9. The molecular formula is C70H69Br3F3N21O10S3. The van der Waals surface area contributed by atoms with Crippen molar-refractivity contribution in [3.05, 3.63) is 140 Å². The summed E-state index contributed by atoms with van der Waals surface area (Å²) in [5.41, 5.74) is 6.16. The highest BCUT2D eigenvalue weighted by atomic mass is 79.9. The molecule has 0 aliphatic carbocycles. The van der Waals surface area contributed by atoms with E-state index in [9.17, 15) is 60.5 Å². The van der Waals surface area contributed by atoms with Crippen LogP contribution in [0.4, 0.5) is 30.6 Å². The maximum atomic E-state index is 14.4. The van der Waals surface area contributed by atoms with E-state index in [2.05, 4.69) is 108 Å². The molecule has 9 heterocycles. The molecule has 3 fully saturated rings. The zero-order valence-corrected chi connectivity index (χ0v) is 65.7. The van der Waals surface area contributed by atoms with Gasteiger partial charge in [0.25, 0.3) is 0 Å². The number of rotatable bonds is 18. The fourth-order valence-electron chi connectivity index (χ4n) is 12.0. The molecule has 0 bridgehead atoms. The minimum atomic E-state index is -3.05. The molecule has 3 saturated heterocycles. The van der Waals surface area contributed by atoms with Crippen LogP contribution in [0.1, 0.15) is 78.9 Å². The summed E-state index contributed by atoms with van der Waals surface area (Å²) in [6, 6.07) is 27.1. The number of nitriles is 3. The standard InChI is InChI=1S/C23H21BrFN7O4S.C23H21BrFN7O3S.C22H21BrFN5O3S.CH2N2.CH4/c1-13(33)22-16-7-6-15(37(2,36)27-12-26)9-17(16)32(30-22)11-21(34)31-10-14(25)8-18(31)23(35)29-20-5-3-4-19(24)28-20;1-13(33)22-16-7-6-15(36(2)27-12-26)9-17(16)32(30-22)11-21(34)31-10-14(25)8-18(31)23(35)29-20-5-3-4-19(24)28-20;1-12(30)21-15-7-6-14(33-2)9-16(15)29(27-21)11-20(31)28-10-13(24)8-17(28)22(32)26-19-5-3-4-18(23)25-19;2-1-3;/h3-7,9,14,18H,8,10-11H2,1-2H3,(H,28,29,35);3-7,9,14,18H,8,10-11H2,1-2H3,(H,28,29,35);3-7,9,13,17H,8,10-11H2,1-2H3,(H,25,26,32);2H2;1H4/t14-,18+,37?;14-,18+,36?;13-,17+;;/m111../s1. The summed E-state index contributed by atoms with van der Waals surface area (Å²) in [6.07, 6.45) is 5.07. The molecular weight excluding hydrogens is 1690 g/mol. The van der Waals surface area contributed by atoms with Gasteiger partial charge in [-0.05, 0) is 151 Å². The number of nitrogens with zero attached hydrogens (tertiary/aromatic N) is 17. The third-order valence-corrected chi connectivity index (χ3v) is 21.9. The second-order valence-electron chi connectivity index (χ2n) is 24.4. The molecule has 0 saturated carbocycles. The Morgan fingerprint density at radius 3 is 1.25 bits per heavy atom. The van der Waals surface area contributed by atoms with Gasteiger partial charge in [-0.3, -0.25) is 57.2 Å². The number of Topliss-reactive ketones (excluding diaryl/α,β-unsaturated/α-hetero) is 3. The number of carbonyl (C=O) groups excluding carboxylic acids is 9. The molecule has 6 aromatic heterocycles. The summed E-state index contributed by atoms with van der Waals surface area (Å²) in [5, 5.41) is 47.3. The van der Waals surface area contributed by atoms with E-state index in [0.717, 1.165) is 14.7 Å². The monoisotopic (exact) mass is 1750 g/mol. The molecule has 6 amide bonds. The first-order chi connectivity index (χ1) is 51.8. The fraction of sp³-hybridized carbons (Fsp3) is 0.314. The average Bonchev–Trinajstić information content (AvgIpc) is 1.57. The summed E-state index contributed by atoms with van der Waals surface area (Å²) in [7, 11) is -3.77. The first-order valence-electron chi connectivity index (χ1n) is 32.5. The number of nitrogens with one attached hydrogen (secondary N) is 3. The van der Waals surface area contributed by atoms with Crippen LogP contribution in [0.3, 0.4) is 0 Å². The molecule has 574 valence electrons. The summed E-state index contributed by atoms with van der Waals surface area (Å²) in [4.78, 5) is 133. The molecule has 110 heavy (non-hydrogen) atoms. The summed E-state index contributed by atoms with van der Waals surface area (Å²) >= 11 is 11.2. The Hall–Kier alpha value is -10.7. The summed E-state index contributed by atoms with van der Waals surface area (Å²) in [6.45, 7) is 2.50. The predicted molar refractivity (Wildman–Crippen MR) is 414 cm³/mol. The Morgan fingerprint density at radius 2 is 0.909 bits per heavy atom. The van der Waals surface area contributed by atoms with Gasteiger partial charge < -0.3 is 36.4 Å². The molecule has 3 aliphatic heterocycles. The van der Waals surface area contributed by atoms with E-state index >= 15 is 0 Å². The average molecular weight is 1760 g/mol. The van der Waals surface area contributed by atoms with Gasteiger partial charge in [0.05, 0.1) is 50.8 Å². The van der Waals surface area contributed by atoms with Crippen molar-refractivity contribution >= 4 is 183 Å². The number of aromatic nitrogens is 9. The van der Waals surface area contributed by atoms with Crippen LogP contribution in [0, 0.1) is 34.4 Å². The minimum absolute atomic E-state index is 0. The Balaban J connectivity index is 0.000000203. The van der Waals surface area contributed by atoms with E-state index < -0.39 is 99.0 Å². The zero-order valence-electron chi connectivity index (χ0n) is 58.5. The Morgan fingerprint density at radius 1 is 0.564 bits per heavy atom. The molecule has 9 aromatic rings. The van der Waals surface area contributed by atoms with Gasteiger partial charge in [-0.1, -0.05) is 36.3 Å². The van der Waals surface area contributed by atoms with Crippen molar-refractivity contribution in [2.75, 3.05) is 54.4 Å². The number of ketones is 3. The normalized spacial score (nSPS) is 17.7. The molecule has 5 N–H and O–H groups in total. The third-order valence-electron chi connectivity index (χ3n) is 17.0. The van der Waals surface area contributed by atoms with Gasteiger partial charge >= 0.3 is 0 Å². The minimum Gasteiger partial charge on any atom is -0.337 e. The number of likely N-dealkylation sites (tertiary alicyclic amines) is 3. The number of hydrogen-bond acceptors (Lipinski definition) is 23. The molecule has 12 rings (SSSR count). The number of hydrogen-bond donors (Lipinski definition) is 4. The van der Waals surface area contributed by atoms with Crippen molar-refractivity contribution in [1.82, 2.24) is 59.0 Å². The van der Waals surface area contributed by atoms with Gasteiger partial charge in [-0.15, -0.1) is 20.5 Å². The summed E-state index contributed by atoms with van der Waals surface area (Å²) in [5.74, 6) is -3.21. The lowest BCUT2D eigenvalue weighted by atomic mass is 10.1.